The molecule has 1 aliphatic rings. The van der Waals surface area contributed by atoms with E-state index < -0.39 is 11.9 Å². The summed E-state index contributed by atoms with van der Waals surface area (Å²) in [6, 6.07) is 0.245. The van der Waals surface area contributed by atoms with Crippen molar-refractivity contribution >= 4 is 11.9 Å². The largest absolute Gasteiger partial charge is 0.481 e. The van der Waals surface area contributed by atoms with E-state index in [9.17, 15) is 9.59 Å². The Bertz CT molecular complexity index is 305. The normalized spacial score (nSPS) is 23.3. The summed E-state index contributed by atoms with van der Waals surface area (Å²) in [7, 11) is 0. The van der Waals surface area contributed by atoms with Crippen LogP contribution in [0.4, 0.5) is 0 Å². The fourth-order valence-corrected chi connectivity index (χ4v) is 2.52. The van der Waals surface area contributed by atoms with Crippen LogP contribution in [0.1, 0.15) is 52.4 Å². The summed E-state index contributed by atoms with van der Waals surface area (Å²) in [6.45, 7) is 4.96. The van der Waals surface area contributed by atoms with Gasteiger partial charge in [-0.05, 0) is 25.8 Å². The summed E-state index contributed by atoms with van der Waals surface area (Å²) >= 11 is 0. The molecule has 1 fully saturated rings. The van der Waals surface area contributed by atoms with Crippen molar-refractivity contribution in [2.45, 2.75) is 64.5 Å². The molecule has 5 heteroatoms. The molecule has 1 aliphatic carbocycles. The Kier molecular flexibility index (Phi) is 6.84. The van der Waals surface area contributed by atoms with Crippen molar-refractivity contribution < 1.29 is 14.7 Å². The number of aliphatic carboxylic acids is 1. The monoisotopic (exact) mass is 270 g/mol. The second-order valence-electron chi connectivity index (χ2n) is 5.62. The molecule has 0 aromatic heterocycles. The maximum Gasteiger partial charge on any atom is 0.308 e. The molecule has 2 atom stereocenters. The minimum Gasteiger partial charge on any atom is -0.481 e. The predicted molar refractivity (Wildman–Crippen MR) is 73.9 cm³/mol. The van der Waals surface area contributed by atoms with Crippen LogP contribution in [0.15, 0.2) is 0 Å². The minimum atomic E-state index is -0.786. The van der Waals surface area contributed by atoms with Crippen LogP contribution in [0, 0.1) is 5.92 Å². The third-order valence-electron chi connectivity index (χ3n) is 3.56. The average molecular weight is 270 g/mol. The molecule has 1 saturated carbocycles. The molecule has 5 nitrogen and oxygen atoms in total. The molecule has 1 amide bonds. The first kappa shape index (κ1) is 16.0. The summed E-state index contributed by atoms with van der Waals surface area (Å²) in [5.41, 5.74) is 0. The Labute approximate surface area is 115 Å². The van der Waals surface area contributed by atoms with Gasteiger partial charge in [-0.15, -0.1) is 0 Å². The second-order valence-corrected chi connectivity index (χ2v) is 5.62. The van der Waals surface area contributed by atoms with Gasteiger partial charge >= 0.3 is 5.97 Å². The SMILES string of the molecule is CC(C)NCCCC(=O)NC1CCCCC1C(=O)O. The van der Waals surface area contributed by atoms with Crippen molar-refractivity contribution in [3.05, 3.63) is 0 Å². The molecule has 110 valence electrons. The molecule has 19 heavy (non-hydrogen) atoms. The fourth-order valence-electron chi connectivity index (χ4n) is 2.52. The first-order valence-electron chi connectivity index (χ1n) is 7.26. The van der Waals surface area contributed by atoms with E-state index in [2.05, 4.69) is 24.5 Å². The van der Waals surface area contributed by atoms with Crippen LogP contribution in [0.3, 0.4) is 0 Å². The van der Waals surface area contributed by atoms with Gasteiger partial charge in [0, 0.05) is 18.5 Å². The molecule has 0 aromatic carbocycles. The highest BCUT2D eigenvalue weighted by Gasteiger charge is 2.31. The van der Waals surface area contributed by atoms with Crippen LogP contribution >= 0.6 is 0 Å². The zero-order valence-electron chi connectivity index (χ0n) is 11.9. The Morgan fingerprint density at radius 3 is 2.58 bits per heavy atom. The van der Waals surface area contributed by atoms with E-state index in [1.165, 1.54) is 0 Å². The fraction of sp³-hybridized carbons (Fsp3) is 0.857. The number of carbonyl (C=O) groups excluding carboxylic acids is 1. The van der Waals surface area contributed by atoms with E-state index in [1.54, 1.807) is 0 Å². The summed E-state index contributed by atoms with van der Waals surface area (Å²) in [6.07, 6.45) is 4.66. The maximum absolute atomic E-state index is 11.8. The van der Waals surface area contributed by atoms with E-state index in [4.69, 9.17) is 5.11 Å². The van der Waals surface area contributed by atoms with Gasteiger partial charge in [0.05, 0.1) is 5.92 Å². The van der Waals surface area contributed by atoms with Crippen LogP contribution in [0.5, 0.6) is 0 Å². The third kappa shape index (κ3) is 6.05. The van der Waals surface area contributed by atoms with E-state index in [-0.39, 0.29) is 11.9 Å². The number of nitrogens with one attached hydrogen (secondary N) is 2. The van der Waals surface area contributed by atoms with Gasteiger partial charge in [-0.25, -0.2) is 0 Å². The van der Waals surface area contributed by atoms with Gasteiger partial charge < -0.3 is 15.7 Å². The molecule has 0 aromatic rings. The van der Waals surface area contributed by atoms with Gasteiger partial charge in [0.2, 0.25) is 5.91 Å². The van der Waals surface area contributed by atoms with Crippen LogP contribution < -0.4 is 10.6 Å². The average Bonchev–Trinajstić information content (AvgIpc) is 2.35. The topological polar surface area (TPSA) is 78.4 Å². The van der Waals surface area contributed by atoms with Crippen molar-refractivity contribution in [2.24, 2.45) is 5.92 Å². The van der Waals surface area contributed by atoms with E-state index in [0.29, 0.717) is 18.9 Å². The van der Waals surface area contributed by atoms with Crippen molar-refractivity contribution in [3.8, 4) is 0 Å². The van der Waals surface area contributed by atoms with Gasteiger partial charge in [0.1, 0.15) is 0 Å². The predicted octanol–water partition coefficient (Wildman–Crippen LogP) is 1.52. The van der Waals surface area contributed by atoms with E-state index in [1.807, 2.05) is 0 Å². The summed E-state index contributed by atoms with van der Waals surface area (Å²) in [5.74, 6) is -1.22. The number of hydrogen-bond acceptors (Lipinski definition) is 3. The quantitative estimate of drug-likeness (QED) is 0.613. The molecule has 0 aliphatic heterocycles. The van der Waals surface area contributed by atoms with Crippen molar-refractivity contribution in [3.63, 3.8) is 0 Å². The first-order valence-corrected chi connectivity index (χ1v) is 7.26. The Hall–Kier alpha value is -1.10. The molecule has 3 N–H and O–H groups in total. The van der Waals surface area contributed by atoms with Crippen LogP contribution in [-0.2, 0) is 9.59 Å². The zero-order chi connectivity index (χ0) is 14.3. The van der Waals surface area contributed by atoms with E-state index in [0.717, 1.165) is 32.2 Å². The van der Waals surface area contributed by atoms with Gasteiger partial charge in [0.25, 0.3) is 0 Å². The van der Waals surface area contributed by atoms with Crippen molar-refractivity contribution in [2.75, 3.05) is 6.54 Å². The number of hydrogen-bond donors (Lipinski definition) is 3. The van der Waals surface area contributed by atoms with Gasteiger partial charge in [-0.1, -0.05) is 26.7 Å². The molecule has 0 saturated heterocycles. The Morgan fingerprint density at radius 2 is 1.95 bits per heavy atom. The third-order valence-corrected chi connectivity index (χ3v) is 3.56. The second kappa shape index (κ2) is 8.15. The smallest absolute Gasteiger partial charge is 0.308 e. The van der Waals surface area contributed by atoms with Gasteiger partial charge in [0.15, 0.2) is 0 Å². The zero-order valence-corrected chi connectivity index (χ0v) is 11.9. The molecular formula is C14H26N2O3. The minimum absolute atomic E-state index is 0.0243. The van der Waals surface area contributed by atoms with Gasteiger partial charge in [-0.3, -0.25) is 9.59 Å². The van der Waals surface area contributed by atoms with Crippen molar-refractivity contribution in [1.82, 2.24) is 10.6 Å². The lowest BCUT2D eigenvalue weighted by Crippen LogP contribution is -2.45. The van der Waals surface area contributed by atoms with Crippen LogP contribution in [-0.4, -0.2) is 35.6 Å². The molecule has 0 bridgehead atoms. The summed E-state index contributed by atoms with van der Waals surface area (Å²) in [4.78, 5) is 22.9. The highest BCUT2D eigenvalue weighted by molar-refractivity contribution is 5.78. The summed E-state index contributed by atoms with van der Waals surface area (Å²) in [5, 5.41) is 15.3. The molecule has 0 spiro atoms. The lowest BCUT2D eigenvalue weighted by atomic mass is 9.84. The lowest BCUT2D eigenvalue weighted by molar-refractivity contribution is -0.144. The maximum atomic E-state index is 11.8. The highest BCUT2D eigenvalue weighted by atomic mass is 16.4. The Morgan fingerprint density at radius 1 is 1.26 bits per heavy atom. The van der Waals surface area contributed by atoms with Crippen LogP contribution in [0.2, 0.25) is 0 Å². The summed E-state index contributed by atoms with van der Waals surface area (Å²) < 4.78 is 0. The van der Waals surface area contributed by atoms with Gasteiger partial charge in [-0.2, -0.15) is 0 Å². The molecule has 0 heterocycles. The number of carbonyl (C=O) groups is 2. The highest BCUT2D eigenvalue weighted by Crippen LogP contribution is 2.24. The molecule has 1 rings (SSSR count). The van der Waals surface area contributed by atoms with Crippen molar-refractivity contribution in [1.29, 1.82) is 0 Å². The number of rotatable bonds is 7. The first-order chi connectivity index (χ1) is 9.00. The molecule has 2 unspecified atom stereocenters. The standard InChI is InChI=1S/C14H26N2O3/c1-10(2)15-9-5-8-13(17)16-12-7-4-3-6-11(12)14(18)19/h10-12,15H,3-9H2,1-2H3,(H,16,17)(H,18,19). The number of amides is 1. The number of carboxylic acids is 1. The van der Waals surface area contributed by atoms with E-state index >= 15 is 0 Å². The Balaban J connectivity index is 2.27. The van der Waals surface area contributed by atoms with Crippen LogP contribution in [0.25, 0.3) is 0 Å². The molecular weight excluding hydrogens is 244 g/mol. The number of carboxylic acid groups (broad SMARTS) is 1. The molecule has 0 radical (unpaired) electrons. The lowest BCUT2D eigenvalue weighted by Gasteiger charge is -2.29.